The van der Waals surface area contributed by atoms with E-state index < -0.39 is 10.0 Å². The van der Waals surface area contributed by atoms with E-state index in [1.54, 1.807) is 28.9 Å². The number of benzene rings is 1. The molecular weight excluding hydrogens is 376 g/mol. The van der Waals surface area contributed by atoms with E-state index in [1.165, 1.54) is 0 Å². The van der Waals surface area contributed by atoms with Crippen molar-refractivity contribution in [2.24, 2.45) is 0 Å². The Morgan fingerprint density at radius 2 is 1.79 bits per heavy atom. The summed E-state index contributed by atoms with van der Waals surface area (Å²) in [4.78, 5) is 0.261. The van der Waals surface area contributed by atoms with Crippen molar-refractivity contribution in [2.75, 3.05) is 18.4 Å². The standard InChI is InChI=1S/C19H24N6O2S/c1-13-6-5-7-17(12-13)28(26,27)21-11-10-20-18-8-9-19(23-22-18)25-16(4)14(2)15(3)24-25/h5-9,12,21H,10-11H2,1-4H3,(H,20,22). The normalized spacial score (nSPS) is 11.6. The maximum absolute atomic E-state index is 12.3. The van der Waals surface area contributed by atoms with Crippen LogP contribution in [0.3, 0.4) is 0 Å². The highest BCUT2D eigenvalue weighted by atomic mass is 32.2. The number of rotatable bonds is 7. The first-order valence-corrected chi connectivity index (χ1v) is 10.4. The van der Waals surface area contributed by atoms with E-state index in [1.807, 2.05) is 39.8 Å². The van der Waals surface area contributed by atoms with E-state index in [0.29, 0.717) is 18.2 Å². The molecular formula is C19H24N6O2S. The maximum Gasteiger partial charge on any atom is 0.240 e. The topological polar surface area (TPSA) is 102 Å². The minimum atomic E-state index is -3.52. The SMILES string of the molecule is Cc1cccc(S(=O)(=O)NCCNc2ccc(-n3nc(C)c(C)c3C)nn2)c1. The zero-order chi connectivity index (χ0) is 20.3. The van der Waals surface area contributed by atoms with Gasteiger partial charge in [-0.05, 0) is 63.1 Å². The monoisotopic (exact) mass is 400 g/mol. The molecule has 0 saturated carbocycles. The van der Waals surface area contributed by atoms with Gasteiger partial charge in [0.05, 0.1) is 10.6 Å². The average Bonchev–Trinajstić information content (AvgIpc) is 2.93. The molecule has 0 bridgehead atoms. The van der Waals surface area contributed by atoms with Crippen LogP contribution in [0.15, 0.2) is 41.3 Å². The van der Waals surface area contributed by atoms with E-state index in [2.05, 4.69) is 25.3 Å². The number of aryl methyl sites for hydroxylation is 2. The Hall–Kier alpha value is -2.78. The fourth-order valence-corrected chi connectivity index (χ4v) is 3.85. The molecule has 0 amide bonds. The molecule has 9 heteroatoms. The van der Waals surface area contributed by atoms with Crippen molar-refractivity contribution in [2.45, 2.75) is 32.6 Å². The molecule has 0 unspecified atom stereocenters. The minimum Gasteiger partial charge on any atom is -0.367 e. The van der Waals surface area contributed by atoms with E-state index >= 15 is 0 Å². The Morgan fingerprint density at radius 1 is 1.00 bits per heavy atom. The average molecular weight is 401 g/mol. The van der Waals surface area contributed by atoms with Crippen LogP contribution in [0.2, 0.25) is 0 Å². The number of nitrogens with one attached hydrogen (secondary N) is 2. The molecule has 2 aromatic heterocycles. The first kappa shape index (κ1) is 20.0. The van der Waals surface area contributed by atoms with Crippen LogP contribution in [0.1, 0.15) is 22.5 Å². The van der Waals surface area contributed by atoms with Crippen molar-refractivity contribution in [1.29, 1.82) is 0 Å². The number of nitrogens with zero attached hydrogens (tertiary/aromatic N) is 4. The van der Waals surface area contributed by atoms with Gasteiger partial charge in [-0.2, -0.15) is 5.10 Å². The second kappa shape index (κ2) is 8.07. The summed E-state index contributed by atoms with van der Waals surface area (Å²) in [7, 11) is -3.52. The van der Waals surface area contributed by atoms with E-state index in [0.717, 1.165) is 22.5 Å². The van der Waals surface area contributed by atoms with Gasteiger partial charge >= 0.3 is 0 Å². The van der Waals surface area contributed by atoms with Gasteiger partial charge in [0.1, 0.15) is 5.82 Å². The zero-order valence-electron chi connectivity index (χ0n) is 16.4. The van der Waals surface area contributed by atoms with Gasteiger partial charge in [0.2, 0.25) is 10.0 Å². The largest absolute Gasteiger partial charge is 0.367 e. The molecule has 148 valence electrons. The summed E-state index contributed by atoms with van der Waals surface area (Å²) < 4.78 is 28.9. The van der Waals surface area contributed by atoms with Gasteiger partial charge in [-0.25, -0.2) is 17.8 Å². The number of hydrogen-bond donors (Lipinski definition) is 2. The summed E-state index contributed by atoms with van der Waals surface area (Å²) in [6, 6.07) is 10.4. The Bertz CT molecular complexity index is 1070. The third kappa shape index (κ3) is 4.37. The fourth-order valence-electron chi connectivity index (χ4n) is 2.72. The van der Waals surface area contributed by atoms with Crippen molar-refractivity contribution < 1.29 is 8.42 Å². The van der Waals surface area contributed by atoms with Crippen LogP contribution in [0.5, 0.6) is 0 Å². The molecule has 0 saturated heterocycles. The van der Waals surface area contributed by atoms with Crippen molar-refractivity contribution >= 4 is 15.8 Å². The van der Waals surface area contributed by atoms with Crippen molar-refractivity contribution in [3.05, 3.63) is 58.9 Å². The minimum absolute atomic E-state index is 0.233. The highest BCUT2D eigenvalue weighted by Gasteiger charge is 2.13. The highest BCUT2D eigenvalue weighted by Crippen LogP contribution is 2.15. The summed E-state index contributed by atoms with van der Waals surface area (Å²) in [5, 5.41) is 15.9. The molecule has 8 nitrogen and oxygen atoms in total. The Morgan fingerprint density at radius 3 is 2.39 bits per heavy atom. The van der Waals surface area contributed by atoms with Crippen molar-refractivity contribution in [1.82, 2.24) is 24.7 Å². The van der Waals surface area contributed by atoms with Crippen LogP contribution >= 0.6 is 0 Å². The van der Waals surface area contributed by atoms with Gasteiger partial charge in [0, 0.05) is 18.8 Å². The zero-order valence-corrected chi connectivity index (χ0v) is 17.2. The van der Waals surface area contributed by atoms with Gasteiger partial charge in [0.15, 0.2) is 5.82 Å². The van der Waals surface area contributed by atoms with Gasteiger partial charge < -0.3 is 5.32 Å². The summed E-state index contributed by atoms with van der Waals surface area (Å²) in [6.45, 7) is 8.45. The van der Waals surface area contributed by atoms with E-state index in [4.69, 9.17) is 0 Å². The van der Waals surface area contributed by atoms with Crippen LogP contribution < -0.4 is 10.0 Å². The molecule has 3 aromatic rings. The van der Waals surface area contributed by atoms with Crippen molar-refractivity contribution in [3.8, 4) is 5.82 Å². The summed E-state index contributed by atoms with van der Waals surface area (Å²) in [5.41, 5.74) is 4.01. The second-order valence-corrected chi connectivity index (χ2v) is 8.39. The molecule has 0 aliphatic carbocycles. The summed E-state index contributed by atoms with van der Waals surface area (Å²) in [5.74, 6) is 1.20. The molecule has 0 radical (unpaired) electrons. The lowest BCUT2D eigenvalue weighted by atomic mass is 10.2. The van der Waals surface area contributed by atoms with Gasteiger partial charge in [-0.1, -0.05) is 12.1 Å². The molecule has 0 fully saturated rings. The van der Waals surface area contributed by atoms with Gasteiger partial charge in [-0.3, -0.25) is 0 Å². The molecule has 0 atom stereocenters. The van der Waals surface area contributed by atoms with Gasteiger partial charge in [0.25, 0.3) is 0 Å². The molecule has 0 spiro atoms. The van der Waals surface area contributed by atoms with Crippen LogP contribution in [-0.2, 0) is 10.0 Å². The molecule has 0 aliphatic rings. The Labute approximate surface area is 165 Å². The Balaban J connectivity index is 1.56. The van der Waals surface area contributed by atoms with Gasteiger partial charge in [-0.15, -0.1) is 10.2 Å². The molecule has 0 aliphatic heterocycles. The van der Waals surface area contributed by atoms with Crippen LogP contribution in [0, 0.1) is 27.7 Å². The lowest BCUT2D eigenvalue weighted by Crippen LogP contribution is -2.29. The maximum atomic E-state index is 12.3. The number of hydrogen-bond acceptors (Lipinski definition) is 6. The lowest BCUT2D eigenvalue weighted by molar-refractivity contribution is 0.582. The quantitative estimate of drug-likeness (QED) is 0.590. The predicted octanol–water partition coefficient (Wildman–Crippen LogP) is 2.29. The fraction of sp³-hybridized carbons (Fsp3) is 0.316. The molecule has 2 heterocycles. The first-order valence-electron chi connectivity index (χ1n) is 8.95. The predicted molar refractivity (Wildman–Crippen MR) is 108 cm³/mol. The summed E-state index contributed by atoms with van der Waals surface area (Å²) >= 11 is 0. The number of anilines is 1. The molecule has 2 N–H and O–H groups in total. The number of sulfonamides is 1. The first-order chi connectivity index (χ1) is 13.3. The lowest BCUT2D eigenvalue weighted by Gasteiger charge is -2.09. The second-order valence-electron chi connectivity index (χ2n) is 6.63. The third-order valence-electron chi connectivity index (χ3n) is 4.54. The highest BCUT2D eigenvalue weighted by molar-refractivity contribution is 7.89. The number of aromatic nitrogens is 4. The molecule has 1 aromatic carbocycles. The molecule has 28 heavy (non-hydrogen) atoms. The third-order valence-corrected chi connectivity index (χ3v) is 6.00. The van der Waals surface area contributed by atoms with Crippen LogP contribution in [0.4, 0.5) is 5.82 Å². The van der Waals surface area contributed by atoms with Crippen LogP contribution in [-0.4, -0.2) is 41.5 Å². The van der Waals surface area contributed by atoms with E-state index in [9.17, 15) is 8.42 Å². The van der Waals surface area contributed by atoms with Crippen LogP contribution in [0.25, 0.3) is 5.82 Å². The van der Waals surface area contributed by atoms with Crippen molar-refractivity contribution in [3.63, 3.8) is 0 Å². The van der Waals surface area contributed by atoms with E-state index in [-0.39, 0.29) is 11.4 Å². The smallest absolute Gasteiger partial charge is 0.240 e. The Kier molecular flexibility index (Phi) is 5.76. The summed E-state index contributed by atoms with van der Waals surface area (Å²) in [6.07, 6.45) is 0. The molecule has 3 rings (SSSR count).